The molecule has 31 heavy (non-hydrogen) atoms. The number of carbonyl (C=O) groups excluding carboxylic acids is 1. The van der Waals surface area contributed by atoms with Crippen molar-refractivity contribution >= 4 is 5.91 Å². The number of ether oxygens (including phenoxy) is 2. The van der Waals surface area contributed by atoms with Crippen molar-refractivity contribution in [3.8, 4) is 5.75 Å². The monoisotopic (exact) mass is 440 g/mol. The van der Waals surface area contributed by atoms with Crippen LogP contribution in [0.2, 0.25) is 0 Å². The van der Waals surface area contributed by atoms with Gasteiger partial charge in [0.05, 0.1) is 25.0 Å². The smallest absolute Gasteiger partial charge is 0.433 e. The van der Waals surface area contributed by atoms with Gasteiger partial charge < -0.3 is 14.8 Å². The molecule has 0 atom stereocenters. The molecule has 1 saturated heterocycles. The molecule has 1 amide bonds. The molecule has 0 spiro atoms. The summed E-state index contributed by atoms with van der Waals surface area (Å²) in [6.45, 7) is 7.73. The molecule has 0 radical (unpaired) electrons. The Morgan fingerprint density at radius 2 is 2.03 bits per heavy atom. The fourth-order valence-electron chi connectivity index (χ4n) is 3.34. The van der Waals surface area contributed by atoms with Crippen molar-refractivity contribution in [3.05, 3.63) is 47.3 Å². The quantitative estimate of drug-likeness (QED) is 0.683. The second-order valence-electron chi connectivity index (χ2n) is 7.58. The third-order valence-corrected chi connectivity index (χ3v) is 4.93. The van der Waals surface area contributed by atoms with Crippen molar-refractivity contribution in [3.63, 3.8) is 0 Å². The number of aromatic nitrogens is 2. The van der Waals surface area contributed by atoms with E-state index in [0.717, 1.165) is 49.3 Å². The Kier molecular flexibility index (Phi) is 7.55. The van der Waals surface area contributed by atoms with Crippen molar-refractivity contribution in [2.24, 2.45) is 0 Å². The third-order valence-electron chi connectivity index (χ3n) is 4.93. The normalized spacial score (nSPS) is 15.3. The van der Waals surface area contributed by atoms with Gasteiger partial charge in [-0.05, 0) is 31.5 Å². The van der Waals surface area contributed by atoms with Gasteiger partial charge in [0, 0.05) is 32.2 Å². The average Bonchev–Trinajstić information content (AvgIpc) is 3.20. The zero-order valence-corrected chi connectivity index (χ0v) is 17.6. The lowest BCUT2D eigenvalue weighted by atomic mass is 10.2. The van der Waals surface area contributed by atoms with Crippen LogP contribution in [0, 0.1) is 0 Å². The van der Waals surface area contributed by atoms with Crippen LogP contribution in [0.3, 0.4) is 0 Å². The van der Waals surface area contributed by atoms with Gasteiger partial charge in [-0.2, -0.15) is 18.3 Å². The Bertz CT molecular complexity index is 877. The van der Waals surface area contributed by atoms with Crippen LogP contribution in [0.5, 0.6) is 5.75 Å². The average molecular weight is 440 g/mol. The molecule has 10 heteroatoms. The second-order valence-corrected chi connectivity index (χ2v) is 7.58. The lowest BCUT2D eigenvalue weighted by Gasteiger charge is -2.26. The zero-order valence-electron chi connectivity index (χ0n) is 17.6. The summed E-state index contributed by atoms with van der Waals surface area (Å²) < 4.78 is 52.3. The van der Waals surface area contributed by atoms with E-state index in [-0.39, 0.29) is 6.54 Å². The Hall–Kier alpha value is -2.59. The van der Waals surface area contributed by atoms with Crippen LogP contribution < -0.4 is 10.1 Å². The Balaban J connectivity index is 1.58. The van der Waals surface area contributed by atoms with Gasteiger partial charge in [-0.3, -0.25) is 14.4 Å². The Morgan fingerprint density at radius 1 is 1.29 bits per heavy atom. The predicted octanol–water partition coefficient (Wildman–Crippen LogP) is 3.12. The molecule has 1 aromatic carbocycles. The molecule has 0 saturated carbocycles. The number of benzene rings is 1. The number of nitrogens with zero attached hydrogens (tertiary/aromatic N) is 3. The molecule has 1 aliphatic heterocycles. The summed E-state index contributed by atoms with van der Waals surface area (Å²) in [5, 5.41) is 6.29. The zero-order chi connectivity index (χ0) is 22.4. The molecule has 1 fully saturated rings. The van der Waals surface area contributed by atoms with Crippen LogP contribution in [0.4, 0.5) is 13.2 Å². The van der Waals surface area contributed by atoms with Crippen LogP contribution in [0.15, 0.2) is 30.5 Å². The maximum absolute atomic E-state index is 13.5. The highest BCUT2D eigenvalue weighted by atomic mass is 19.4. The lowest BCUT2D eigenvalue weighted by Crippen LogP contribution is -2.38. The van der Waals surface area contributed by atoms with E-state index < -0.39 is 29.4 Å². The predicted molar refractivity (Wildman–Crippen MR) is 108 cm³/mol. The Labute approximate surface area is 179 Å². The van der Waals surface area contributed by atoms with E-state index >= 15 is 0 Å². The largest absolute Gasteiger partial charge is 0.492 e. The molecule has 1 N–H and O–H groups in total. The Morgan fingerprint density at radius 3 is 2.71 bits per heavy atom. The van der Waals surface area contributed by atoms with Gasteiger partial charge in [-0.15, -0.1) is 0 Å². The first-order valence-electron chi connectivity index (χ1n) is 10.2. The standard InChI is InChI=1S/C21H27F3N4O3/c1-15(2)28-19(21(22,23)24)18(14-26-28)20(29)25-13-16-4-3-5-17(12-16)31-11-8-27-6-9-30-10-7-27/h3-5,12,14-15H,6-11,13H2,1-2H3,(H,25,29). The summed E-state index contributed by atoms with van der Waals surface area (Å²) in [5.41, 5.74) is -0.804. The molecule has 0 unspecified atom stereocenters. The first kappa shape index (κ1) is 23.1. The van der Waals surface area contributed by atoms with Gasteiger partial charge >= 0.3 is 6.18 Å². The van der Waals surface area contributed by atoms with Gasteiger partial charge in [-0.1, -0.05) is 12.1 Å². The molecule has 3 rings (SSSR count). The van der Waals surface area contributed by atoms with E-state index in [1.807, 2.05) is 0 Å². The summed E-state index contributed by atoms with van der Waals surface area (Å²) in [7, 11) is 0. The maximum Gasteiger partial charge on any atom is 0.433 e. The van der Waals surface area contributed by atoms with Gasteiger partial charge in [0.15, 0.2) is 5.69 Å². The number of rotatable bonds is 8. The highest BCUT2D eigenvalue weighted by Gasteiger charge is 2.40. The molecule has 1 aromatic heterocycles. The van der Waals surface area contributed by atoms with Crippen LogP contribution >= 0.6 is 0 Å². The number of amides is 1. The SMILES string of the molecule is CC(C)n1ncc(C(=O)NCc2cccc(OCCN3CCOCC3)c2)c1C(F)(F)F. The van der Waals surface area contributed by atoms with Crippen molar-refractivity contribution in [2.45, 2.75) is 32.6 Å². The third kappa shape index (κ3) is 6.20. The molecule has 0 bridgehead atoms. The summed E-state index contributed by atoms with van der Waals surface area (Å²) in [5.74, 6) is -0.179. The van der Waals surface area contributed by atoms with Crippen molar-refractivity contribution in [1.82, 2.24) is 20.0 Å². The minimum absolute atomic E-state index is 0.0731. The van der Waals surface area contributed by atoms with Crippen LogP contribution in [0.1, 0.15) is 41.5 Å². The topological polar surface area (TPSA) is 68.6 Å². The number of hydrogen-bond acceptors (Lipinski definition) is 5. The number of nitrogens with one attached hydrogen (secondary N) is 1. The van der Waals surface area contributed by atoms with E-state index in [4.69, 9.17) is 9.47 Å². The highest BCUT2D eigenvalue weighted by Crippen LogP contribution is 2.33. The van der Waals surface area contributed by atoms with Crippen molar-refractivity contribution in [1.29, 1.82) is 0 Å². The molecular formula is C21H27F3N4O3. The fraction of sp³-hybridized carbons (Fsp3) is 0.524. The number of carbonyl (C=O) groups is 1. The minimum Gasteiger partial charge on any atom is -0.492 e. The number of halogens is 3. The molecular weight excluding hydrogens is 413 g/mol. The summed E-state index contributed by atoms with van der Waals surface area (Å²) >= 11 is 0. The first-order valence-corrected chi connectivity index (χ1v) is 10.2. The summed E-state index contributed by atoms with van der Waals surface area (Å²) in [4.78, 5) is 14.7. The highest BCUT2D eigenvalue weighted by molar-refractivity contribution is 5.95. The number of morpholine rings is 1. The molecule has 1 aliphatic rings. The molecule has 0 aliphatic carbocycles. The molecule has 7 nitrogen and oxygen atoms in total. The van der Waals surface area contributed by atoms with Gasteiger partial charge in [0.25, 0.3) is 5.91 Å². The first-order chi connectivity index (χ1) is 14.8. The summed E-state index contributed by atoms with van der Waals surface area (Å²) in [6, 6.07) is 6.60. The van der Waals surface area contributed by atoms with Crippen LogP contribution in [-0.2, 0) is 17.5 Å². The van der Waals surface area contributed by atoms with Crippen LogP contribution in [-0.4, -0.2) is 60.0 Å². The second kappa shape index (κ2) is 10.1. The molecule has 170 valence electrons. The van der Waals surface area contributed by atoms with E-state index in [0.29, 0.717) is 12.4 Å². The van der Waals surface area contributed by atoms with Gasteiger partial charge in [0.2, 0.25) is 0 Å². The number of alkyl halides is 3. The molecule has 2 aromatic rings. The van der Waals surface area contributed by atoms with Crippen LogP contribution in [0.25, 0.3) is 0 Å². The fourth-order valence-corrected chi connectivity index (χ4v) is 3.34. The lowest BCUT2D eigenvalue weighted by molar-refractivity contribution is -0.145. The van der Waals surface area contributed by atoms with Crippen molar-refractivity contribution < 1.29 is 27.4 Å². The van der Waals surface area contributed by atoms with Gasteiger partial charge in [-0.25, -0.2) is 0 Å². The van der Waals surface area contributed by atoms with Crippen molar-refractivity contribution in [2.75, 3.05) is 39.5 Å². The summed E-state index contributed by atoms with van der Waals surface area (Å²) in [6.07, 6.45) is -3.72. The van der Waals surface area contributed by atoms with E-state index in [9.17, 15) is 18.0 Å². The maximum atomic E-state index is 13.5. The number of hydrogen-bond donors (Lipinski definition) is 1. The minimum atomic E-state index is -4.68. The van der Waals surface area contributed by atoms with Gasteiger partial charge in [0.1, 0.15) is 12.4 Å². The van der Waals surface area contributed by atoms with E-state index in [1.54, 1.807) is 38.1 Å². The van der Waals surface area contributed by atoms with E-state index in [1.165, 1.54) is 0 Å². The van der Waals surface area contributed by atoms with E-state index in [2.05, 4.69) is 15.3 Å². The molecule has 2 heterocycles.